The molecule has 2 rings (SSSR count). The minimum Gasteiger partial charge on any atom is -0.598 e. The summed E-state index contributed by atoms with van der Waals surface area (Å²) in [5.41, 5.74) is 1.73. The Hall–Kier alpha value is -1.01. The highest BCUT2D eigenvalue weighted by Crippen LogP contribution is 2.58. The monoisotopic (exact) mass is 379 g/mol. The van der Waals surface area contributed by atoms with E-state index in [2.05, 4.69) is 37.6 Å². The van der Waals surface area contributed by atoms with Crippen LogP contribution in [0.4, 0.5) is 0 Å². The highest BCUT2D eigenvalue weighted by Gasteiger charge is 2.32. The third-order valence-corrected chi connectivity index (χ3v) is 8.60. The molecule has 1 aliphatic rings. The topological polar surface area (TPSA) is 52.2 Å². The van der Waals surface area contributed by atoms with Crippen LogP contribution in [-0.4, -0.2) is 21.5 Å². The van der Waals surface area contributed by atoms with Gasteiger partial charge < -0.3 is 4.55 Å². The van der Waals surface area contributed by atoms with Crippen molar-refractivity contribution >= 4 is 33.4 Å². The molecule has 2 atom stereocenters. The van der Waals surface area contributed by atoms with Gasteiger partial charge in [0.2, 0.25) is 0 Å². The molecule has 0 amide bonds. The van der Waals surface area contributed by atoms with Crippen molar-refractivity contribution in [3.63, 3.8) is 0 Å². The van der Waals surface area contributed by atoms with Crippen molar-refractivity contribution in [2.75, 3.05) is 5.88 Å². The van der Waals surface area contributed by atoms with Gasteiger partial charge >= 0.3 is 0 Å². The number of nitrogens with one attached hydrogen (secondary N) is 1. The maximum Gasteiger partial charge on any atom is 0.150 e. The van der Waals surface area contributed by atoms with Gasteiger partial charge in [0.25, 0.3) is 0 Å². The second-order valence-corrected chi connectivity index (χ2v) is 12.4. The zero-order chi connectivity index (χ0) is 18.8. The standard InChI is InChI=1S/C20H29NO2S2/c1-19(2,3)18-12-11-17(16-10-8-7-9-15(16)13-22)24(18)14-21-25(23)20(4,5)6/h7-13,21,24H,14H2,1-6H3. The van der Waals surface area contributed by atoms with Crippen LogP contribution in [-0.2, 0) is 11.4 Å². The van der Waals surface area contributed by atoms with Crippen LogP contribution < -0.4 is 4.72 Å². The second kappa shape index (κ2) is 7.70. The highest BCUT2D eigenvalue weighted by molar-refractivity contribution is 8.28. The smallest absolute Gasteiger partial charge is 0.150 e. The number of hydrogen-bond donors (Lipinski definition) is 2. The van der Waals surface area contributed by atoms with Crippen molar-refractivity contribution in [1.29, 1.82) is 0 Å². The average Bonchev–Trinajstić information content (AvgIpc) is 2.95. The summed E-state index contributed by atoms with van der Waals surface area (Å²) in [5, 5.41) is 0. The molecule has 0 aliphatic carbocycles. The lowest BCUT2D eigenvalue weighted by Gasteiger charge is -2.34. The summed E-state index contributed by atoms with van der Waals surface area (Å²) in [7, 11) is -0.679. The molecule has 0 fully saturated rings. The summed E-state index contributed by atoms with van der Waals surface area (Å²) < 4.78 is 15.4. The van der Waals surface area contributed by atoms with Gasteiger partial charge in [-0.05, 0) is 42.7 Å². The molecule has 0 saturated heterocycles. The van der Waals surface area contributed by atoms with Crippen molar-refractivity contribution < 1.29 is 9.35 Å². The van der Waals surface area contributed by atoms with Gasteiger partial charge in [-0.15, -0.1) is 4.72 Å². The molecule has 0 aromatic heterocycles. The van der Waals surface area contributed by atoms with Gasteiger partial charge in [0.1, 0.15) is 4.75 Å². The fourth-order valence-corrected chi connectivity index (χ4v) is 6.53. The van der Waals surface area contributed by atoms with E-state index in [-0.39, 0.29) is 10.2 Å². The fraction of sp³-hybridized carbons (Fsp3) is 0.450. The Morgan fingerprint density at radius 1 is 1.12 bits per heavy atom. The van der Waals surface area contributed by atoms with Gasteiger partial charge in [0.15, 0.2) is 6.29 Å². The summed E-state index contributed by atoms with van der Waals surface area (Å²) in [6, 6.07) is 7.71. The minimum atomic E-state index is -1.11. The normalized spacial score (nSPS) is 20.8. The molecule has 0 bridgehead atoms. The average molecular weight is 380 g/mol. The largest absolute Gasteiger partial charge is 0.598 e. The molecule has 25 heavy (non-hydrogen) atoms. The zero-order valence-corrected chi connectivity index (χ0v) is 17.6. The van der Waals surface area contributed by atoms with Crippen molar-refractivity contribution in [1.82, 2.24) is 4.72 Å². The fourth-order valence-electron chi connectivity index (χ4n) is 2.70. The van der Waals surface area contributed by atoms with E-state index in [1.165, 1.54) is 9.81 Å². The lowest BCUT2D eigenvalue weighted by Crippen LogP contribution is -2.40. The zero-order valence-electron chi connectivity index (χ0n) is 15.9. The van der Waals surface area contributed by atoms with Crippen LogP contribution >= 0.6 is 10.9 Å². The van der Waals surface area contributed by atoms with E-state index in [0.717, 1.165) is 11.8 Å². The van der Waals surface area contributed by atoms with E-state index in [1.54, 1.807) is 0 Å². The molecule has 1 N–H and O–H groups in total. The summed E-state index contributed by atoms with van der Waals surface area (Å²) in [6.07, 6.45) is 5.24. The summed E-state index contributed by atoms with van der Waals surface area (Å²) in [6.45, 7) is 12.5. The quantitative estimate of drug-likeness (QED) is 0.439. The Bertz CT molecular complexity index is 696. The van der Waals surface area contributed by atoms with Crippen molar-refractivity contribution in [2.45, 2.75) is 46.3 Å². The predicted molar refractivity (Wildman–Crippen MR) is 112 cm³/mol. The van der Waals surface area contributed by atoms with Gasteiger partial charge in [-0.2, -0.15) is 10.9 Å². The highest BCUT2D eigenvalue weighted by atomic mass is 32.2. The van der Waals surface area contributed by atoms with Crippen LogP contribution in [0.2, 0.25) is 0 Å². The molecule has 1 aliphatic heterocycles. The third kappa shape index (κ3) is 4.79. The van der Waals surface area contributed by atoms with E-state index < -0.39 is 22.3 Å². The van der Waals surface area contributed by atoms with E-state index in [9.17, 15) is 9.35 Å². The molecule has 1 heterocycles. The van der Waals surface area contributed by atoms with Crippen LogP contribution in [0.5, 0.6) is 0 Å². The first-order valence-electron chi connectivity index (χ1n) is 8.45. The Morgan fingerprint density at radius 2 is 1.76 bits per heavy atom. The molecule has 3 nitrogen and oxygen atoms in total. The SMILES string of the molecule is CC(C)(C)C1=CC=C(c2ccccc2C=O)[SH]1CN[S+]([O-])C(C)(C)C. The Morgan fingerprint density at radius 3 is 2.32 bits per heavy atom. The third-order valence-electron chi connectivity index (χ3n) is 4.02. The van der Waals surface area contributed by atoms with E-state index >= 15 is 0 Å². The maximum atomic E-state index is 12.5. The maximum absolute atomic E-state index is 12.5. The van der Waals surface area contributed by atoms with Crippen LogP contribution in [0, 0.1) is 5.41 Å². The molecule has 1 aromatic carbocycles. The number of aldehydes is 1. The Labute approximate surface area is 157 Å². The first-order valence-corrected chi connectivity index (χ1v) is 11.1. The van der Waals surface area contributed by atoms with Crippen LogP contribution in [0.1, 0.15) is 57.5 Å². The van der Waals surface area contributed by atoms with Crippen molar-refractivity contribution in [2.24, 2.45) is 5.41 Å². The van der Waals surface area contributed by atoms with Gasteiger partial charge in [-0.3, -0.25) is 4.79 Å². The van der Waals surface area contributed by atoms with Crippen LogP contribution in [0.3, 0.4) is 0 Å². The lowest BCUT2D eigenvalue weighted by atomic mass is 9.96. The molecule has 0 spiro atoms. The molecule has 0 radical (unpaired) electrons. The number of benzene rings is 1. The second-order valence-electron chi connectivity index (χ2n) is 8.17. The number of allylic oxidation sites excluding steroid dienone is 3. The molecule has 2 unspecified atom stereocenters. The number of carbonyl (C=O) groups excluding carboxylic acids is 1. The summed E-state index contributed by atoms with van der Waals surface area (Å²) in [4.78, 5) is 14.0. The number of carbonyl (C=O) groups is 1. The predicted octanol–water partition coefficient (Wildman–Crippen LogP) is 4.79. The van der Waals surface area contributed by atoms with Gasteiger partial charge in [-0.1, -0.05) is 51.1 Å². The Balaban J connectivity index is 2.32. The van der Waals surface area contributed by atoms with Crippen LogP contribution in [0.25, 0.3) is 4.91 Å². The first-order chi connectivity index (χ1) is 11.6. The summed E-state index contributed by atoms with van der Waals surface area (Å²) in [5.74, 6) is 0.654. The summed E-state index contributed by atoms with van der Waals surface area (Å²) >= 11 is -1.11. The minimum absolute atomic E-state index is 0.0327. The van der Waals surface area contributed by atoms with Gasteiger partial charge in [0.05, 0.1) is 5.88 Å². The van der Waals surface area contributed by atoms with E-state index in [0.29, 0.717) is 11.4 Å². The molecular formula is C20H29NO2S2. The van der Waals surface area contributed by atoms with Gasteiger partial charge in [0, 0.05) is 21.8 Å². The Kier molecular flexibility index (Phi) is 6.26. The molecular weight excluding hydrogens is 350 g/mol. The number of rotatable bonds is 5. The molecule has 138 valence electrons. The van der Waals surface area contributed by atoms with E-state index in [1.807, 2.05) is 45.0 Å². The van der Waals surface area contributed by atoms with E-state index in [4.69, 9.17) is 0 Å². The molecule has 1 aromatic rings. The number of hydrogen-bond acceptors (Lipinski definition) is 3. The molecule has 5 heteroatoms. The number of thiol groups is 1. The molecule has 0 saturated carbocycles. The van der Waals surface area contributed by atoms with Crippen molar-refractivity contribution in [3.8, 4) is 0 Å². The first kappa shape index (κ1) is 20.3. The van der Waals surface area contributed by atoms with Gasteiger partial charge in [-0.25, -0.2) is 0 Å². The lowest BCUT2D eigenvalue weighted by molar-refractivity contribution is 0.112. The van der Waals surface area contributed by atoms with Crippen molar-refractivity contribution in [3.05, 3.63) is 52.4 Å². The van der Waals surface area contributed by atoms with Crippen LogP contribution in [0.15, 0.2) is 41.3 Å².